The van der Waals surface area contributed by atoms with Crippen LogP contribution in [0.3, 0.4) is 0 Å². The molecule has 0 aromatic heterocycles. The molecule has 3 aromatic carbocycles. The Morgan fingerprint density at radius 2 is 1.29 bits per heavy atom. The van der Waals surface area contributed by atoms with E-state index >= 15 is 0 Å². The molecule has 0 fully saturated rings. The van der Waals surface area contributed by atoms with Crippen LogP contribution < -0.4 is 10.1 Å². The molecule has 0 heterocycles. The Balaban J connectivity index is 1.35. The Labute approximate surface area is 245 Å². The molecular formula is C27H22Cl5NO5. The molecule has 0 radical (unpaired) electrons. The van der Waals surface area contributed by atoms with Gasteiger partial charge in [-0.05, 0) is 28.2 Å². The Morgan fingerprint density at radius 1 is 0.789 bits per heavy atom. The summed E-state index contributed by atoms with van der Waals surface area (Å²) in [5.41, 5.74) is 4.47. The van der Waals surface area contributed by atoms with Crippen molar-refractivity contribution in [3.05, 3.63) is 84.8 Å². The molecule has 0 saturated heterocycles. The third kappa shape index (κ3) is 5.95. The van der Waals surface area contributed by atoms with Crippen LogP contribution in [-0.2, 0) is 9.47 Å². The SMILES string of the molecule is CC(C)[C@@H](COC(=O)Oc1c(Cl)c(Cl)c(Cl)c(Cl)c1Cl)NC(=O)OCC1c2ccccc2-c2ccccc21. The van der Waals surface area contributed by atoms with E-state index in [9.17, 15) is 9.59 Å². The van der Waals surface area contributed by atoms with E-state index in [1.165, 1.54) is 0 Å². The van der Waals surface area contributed by atoms with Crippen LogP contribution >= 0.6 is 58.0 Å². The second kappa shape index (κ2) is 12.2. The van der Waals surface area contributed by atoms with Gasteiger partial charge in [-0.25, -0.2) is 9.59 Å². The summed E-state index contributed by atoms with van der Waals surface area (Å²) in [7, 11) is 0. The number of ether oxygens (including phenoxy) is 3. The molecule has 1 aliphatic rings. The molecule has 1 aliphatic carbocycles. The number of hydrogen-bond acceptors (Lipinski definition) is 5. The first-order chi connectivity index (χ1) is 18.1. The predicted octanol–water partition coefficient (Wildman–Crippen LogP) is 9.03. The third-order valence-corrected chi connectivity index (χ3v) is 8.43. The molecule has 0 spiro atoms. The first-order valence-electron chi connectivity index (χ1n) is 11.6. The minimum absolute atomic E-state index is 0.0729. The van der Waals surface area contributed by atoms with Gasteiger partial charge < -0.3 is 19.5 Å². The lowest BCUT2D eigenvalue weighted by molar-refractivity contribution is 0.0787. The van der Waals surface area contributed by atoms with Crippen molar-refractivity contribution in [2.45, 2.75) is 25.8 Å². The van der Waals surface area contributed by atoms with E-state index in [2.05, 4.69) is 17.4 Å². The zero-order valence-corrected chi connectivity index (χ0v) is 24.0. The fraction of sp³-hybridized carbons (Fsp3) is 0.259. The molecule has 0 bridgehead atoms. The van der Waals surface area contributed by atoms with E-state index < -0.39 is 18.3 Å². The molecule has 1 N–H and O–H groups in total. The maximum absolute atomic E-state index is 12.7. The lowest BCUT2D eigenvalue weighted by Gasteiger charge is -2.22. The standard InChI is InChI=1S/C27H22Cl5NO5/c1-13(2)19(12-37-27(35)38-25-23(31)21(29)20(28)22(30)24(25)32)33-26(34)36-11-18-16-9-5-3-7-14(16)15-8-4-6-10-17(15)18/h3-10,13,18-19H,11-12H2,1-2H3,(H,33,34)/t19-/m1/s1. The largest absolute Gasteiger partial charge is 0.514 e. The van der Waals surface area contributed by atoms with Crippen LogP contribution in [0.4, 0.5) is 9.59 Å². The van der Waals surface area contributed by atoms with E-state index in [1.54, 1.807) is 0 Å². The number of nitrogens with one attached hydrogen (secondary N) is 1. The van der Waals surface area contributed by atoms with Crippen LogP contribution in [0.1, 0.15) is 30.9 Å². The van der Waals surface area contributed by atoms with Crippen LogP contribution in [0, 0.1) is 5.92 Å². The van der Waals surface area contributed by atoms with Crippen molar-refractivity contribution in [3.8, 4) is 16.9 Å². The van der Waals surface area contributed by atoms with E-state index in [4.69, 9.17) is 72.2 Å². The fourth-order valence-corrected chi connectivity index (χ4v) is 5.34. The molecular weight excluding hydrogens is 596 g/mol. The average Bonchev–Trinajstić information content (AvgIpc) is 3.23. The highest BCUT2D eigenvalue weighted by Gasteiger charge is 2.30. The quantitative estimate of drug-likeness (QED) is 0.124. The zero-order chi connectivity index (χ0) is 27.6. The van der Waals surface area contributed by atoms with Crippen molar-refractivity contribution in [1.82, 2.24) is 5.32 Å². The van der Waals surface area contributed by atoms with E-state index in [0.717, 1.165) is 22.3 Å². The van der Waals surface area contributed by atoms with Gasteiger partial charge in [-0.3, -0.25) is 0 Å². The highest BCUT2D eigenvalue weighted by Crippen LogP contribution is 2.48. The summed E-state index contributed by atoms with van der Waals surface area (Å²) in [6, 6.07) is 15.5. The number of amides is 1. The van der Waals surface area contributed by atoms with Crippen molar-refractivity contribution < 1.29 is 23.8 Å². The molecule has 4 rings (SSSR count). The van der Waals surface area contributed by atoms with Crippen molar-refractivity contribution >= 4 is 70.3 Å². The highest BCUT2D eigenvalue weighted by molar-refractivity contribution is 6.55. The maximum Gasteiger partial charge on any atom is 0.514 e. The van der Waals surface area contributed by atoms with E-state index in [-0.39, 0.29) is 55.9 Å². The van der Waals surface area contributed by atoms with Crippen LogP contribution in [0.5, 0.6) is 5.75 Å². The van der Waals surface area contributed by atoms with Gasteiger partial charge in [0.25, 0.3) is 0 Å². The monoisotopic (exact) mass is 615 g/mol. The number of carbonyl (C=O) groups is 2. The Hall–Kier alpha value is -2.35. The minimum Gasteiger partial charge on any atom is -0.449 e. The minimum atomic E-state index is -1.12. The van der Waals surface area contributed by atoms with Gasteiger partial charge in [0.1, 0.15) is 23.3 Å². The van der Waals surface area contributed by atoms with Gasteiger partial charge in [-0.2, -0.15) is 0 Å². The molecule has 0 aliphatic heterocycles. The number of halogens is 5. The number of benzene rings is 3. The van der Waals surface area contributed by atoms with Gasteiger partial charge in [0.15, 0.2) is 5.75 Å². The Bertz CT molecular complexity index is 1310. The van der Waals surface area contributed by atoms with Crippen LogP contribution in [-0.4, -0.2) is 31.5 Å². The lowest BCUT2D eigenvalue weighted by atomic mass is 9.98. The van der Waals surface area contributed by atoms with Crippen LogP contribution in [0.2, 0.25) is 25.1 Å². The third-order valence-electron chi connectivity index (χ3n) is 6.19. The van der Waals surface area contributed by atoms with Crippen LogP contribution in [0.15, 0.2) is 48.5 Å². The fourth-order valence-electron chi connectivity index (χ4n) is 4.14. The number of fused-ring (bicyclic) bond motifs is 3. The topological polar surface area (TPSA) is 73.9 Å². The first-order valence-corrected chi connectivity index (χ1v) is 13.5. The average molecular weight is 618 g/mol. The summed E-state index contributed by atoms with van der Waals surface area (Å²) in [5.74, 6) is -0.470. The van der Waals surface area contributed by atoms with Gasteiger partial charge in [0.2, 0.25) is 0 Å². The first kappa shape index (κ1) is 28.7. The summed E-state index contributed by atoms with van der Waals surface area (Å²) in [5, 5.41) is 2.04. The van der Waals surface area contributed by atoms with Crippen molar-refractivity contribution in [1.29, 1.82) is 0 Å². The highest BCUT2D eigenvalue weighted by atomic mass is 35.5. The summed E-state index contributed by atoms with van der Waals surface area (Å²) in [6.07, 6.45) is -1.76. The Kier molecular flexibility index (Phi) is 9.22. The van der Waals surface area contributed by atoms with Gasteiger partial charge in [0, 0.05) is 5.92 Å². The molecule has 38 heavy (non-hydrogen) atoms. The molecule has 200 valence electrons. The molecule has 1 atom stereocenters. The number of carbonyl (C=O) groups excluding carboxylic acids is 2. The van der Waals surface area contributed by atoms with Gasteiger partial charge in [-0.15, -0.1) is 0 Å². The van der Waals surface area contributed by atoms with Crippen molar-refractivity contribution in [2.24, 2.45) is 5.92 Å². The molecule has 6 nitrogen and oxygen atoms in total. The molecule has 1 amide bonds. The molecule has 0 unspecified atom stereocenters. The summed E-state index contributed by atoms with van der Waals surface area (Å²) >= 11 is 30.1. The van der Waals surface area contributed by atoms with Crippen molar-refractivity contribution in [3.63, 3.8) is 0 Å². The molecule has 11 heteroatoms. The normalized spacial score (nSPS) is 13.1. The van der Waals surface area contributed by atoms with Crippen molar-refractivity contribution in [2.75, 3.05) is 13.2 Å². The smallest absolute Gasteiger partial charge is 0.449 e. The Morgan fingerprint density at radius 3 is 1.82 bits per heavy atom. The van der Waals surface area contributed by atoms with E-state index in [0.29, 0.717) is 0 Å². The lowest BCUT2D eigenvalue weighted by Crippen LogP contribution is -2.43. The predicted molar refractivity (Wildman–Crippen MR) is 150 cm³/mol. The van der Waals surface area contributed by atoms with Gasteiger partial charge in [0.05, 0.1) is 21.1 Å². The molecule has 3 aromatic rings. The zero-order valence-electron chi connectivity index (χ0n) is 20.2. The number of rotatable bonds is 7. The summed E-state index contributed by atoms with van der Waals surface area (Å²) in [4.78, 5) is 25.0. The molecule has 0 saturated carbocycles. The number of hydrogen-bond donors (Lipinski definition) is 1. The summed E-state index contributed by atoms with van der Waals surface area (Å²) in [6.45, 7) is 3.67. The second-order valence-corrected chi connectivity index (χ2v) is 10.8. The van der Waals surface area contributed by atoms with Gasteiger partial charge in [-0.1, -0.05) is 120 Å². The van der Waals surface area contributed by atoms with Gasteiger partial charge >= 0.3 is 12.2 Å². The van der Waals surface area contributed by atoms with Crippen LogP contribution in [0.25, 0.3) is 11.1 Å². The van der Waals surface area contributed by atoms with E-state index in [1.807, 2.05) is 50.2 Å². The number of alkyl carbamates (subject to hydrolysis) is 1. The summed E-state index contributed by atoms with van der Waals surface area (Å²) < 4.78 is 15.9. The second-order valence-electron chi connectivity index (χ2n) is 8.88. The maximum atomic E-state index is 12.7.